The standard InChI is InChI=1S/C26H33N3.C11H8N.Ir/c1-17(2)15-28-16-29-23-14-19-18(25(3,4)11-12-26(19,5)6)13-22(23)27(7)20-9-8-10-21(28)24(20)29;1-2-6-10(7-3-1)11-8-4-5-9-12-11;/h8-10,13,16-17H,11-12,15H2,1-7H3;1-6,8-9H;/q-2;-1;+3. The van der Waals surface area contributed by atoms with Gasteiger partial charge in [0, 0.05) is 11.9 Å². The number of rotatable bonds is 3. The van der Waals surface area contributed by atoms with E-state index in [-0.39, 0.29) is 30.9 Å². The quantitative estimate of drug-likeness (QED) is 0.196. The monoisotopic (exact) mass is 734 g/mol. The molecule has 0 atom stereocenters. The summed E-state index contributed by atoms with van der Waals surface area (Å²) < 4.78 is 0. The van der Waals surface area contributed by atoms with Crippen molar-refractivity contribution in [3.63, 3.8) is 0 Å². The molecule has 218 valence electrons. The van der Waals surface area contributed by atoms with Crippen LogP contribution in [0, 0.1) is 24.7 Å². The van der Waals surface area contributed by atoms with Gasteiger partial charge in [0.25, 0.3) is 0 Å². The topological polar surface area (TPSA) is 22.6 Å². The summed E-state index contributed by atoms with van der Waals surface area (Å²) in [4.78, 5) is 11.4. The predicted molar refractivity (Wildman–Crippen MR) is 172 cm³/mol. The van der Waals surface area contributed by atoms with Gasteiger partial charge in [0.2, 0.25) is 0 Å². The van der Waals surface area contributed by atoms with Crippen molar-refractivity contribution in [3.05, 3.63) is 103 Å². The van der Waals surface area contributed by atoms with E-state index in [1.165, 1.54) is 52.4 Å². The number of pyridine rings is 1. The second-order valence-electron chi connectivity index (χ2n) is 13.3. The zero-order valence-corrected chi connectivity index (χ0v) is 28.2. The maximum atomic E-state index is 4.22. The van der Waals surface area contributed by atoms with E-state index >= 15 is 0 Å². The van der Waals surface area contributed by atoms with E-state index in [0.29, 0.717) is 5.92 Å². The number of hydrogen-bond donors (Lipinski definition) is 0. The van der Waals surface area contributed by atoms with Crippen LogP contribution in [0.4, 0.5) is 28.4 Å². The number of nitrogens with zero attached hydrogens (tertiary/aromatic N) is 4. The summed E-state index contributed by atoms with van der Waals surface area (Å²) in [5.74, 6) is 0.605. The van der Waals surface area contributed by atoms with Crippen LogP contribution in [0.3, 0.4) is 0 Å². The molecule has 3 heterocycles. The van der Waals surface area contributed by atoms with Crippen LogP contribution in [-0.4, -0.2) is 18.6 Å². The molecule has 0 N–H and O–H groups in total. The molecule has 0 radical (unpaired) electrons. The molecule has 1 aromatic heterocycles. The third-order valence-corrected chi connectivity index (χ3v) is 8.79. The molecular weight excluding hydrogens is 693 g/mol. The van der Waals surface area contributed by atoms with Gasteiger partial charge in [-0.3, -0.25) is 0 Å². The summed E-state index contributed by atoms with van der Waals surface area (Å²) in [6, 6.07) is 29.9. The minimum Gasteiger partial charge on any atom is -0.501 e. The third-order valence-electron chi connectivity index (χ3n) is 8.79. The van der Waals surface area contributed by atoms with Crippen molar-refractivity contribution >= 4 is 28.4 Å². The second-order valence-corrected chi connectivity index (χ2v) is 13.3. The van der Waals surface area contributed by atoms with Crippen molar-refractivity contribution < 1.29 is 20.1 Å². The fraction of sp³-hybridized carbons (Fsp3) is 0.351. The van der Waals surface area contributed by atoms with Gasteiger partial charge in [-0.2, -0.15) is 18.3 Å². The zero-order valence-electron chi connectivity index (χ0n) is 25.8. The van der Waals surface area contributed by atoms with Crippen molar-refractivity contribution in [1.29, 1.82) is 0 Å². The van der Waals surface area contributed by atoms with Crippen LogP contribution in [0.2, 0.25) is 0 Å². The first-order valence-electron chi connectivity index (χ1n) is 14.8. The maximum Gasteiger partial charge on any atom is 3.00 e. The Bertz CT molecular complexity index is 1510. The van der Waals surface area contributed by atoms with Crippen LogP contribution >= 0.6 is 0 Å². The molecule has 3 aliphatic rings. The summed E-state index contributed by atoms with van der Waals surface area (Å²) in [6.45, 7) is 17.4. The Labute approximate surface area is 266 Å². The van der Waals surface area contributed by atoms with Gasteiger partial charge >= 0.3 is 20.1 Å². The van der Waals surface area contributed by atoms with E-state index in [1.54, 1.807) is 6.20 Å². The summed E-state index contributed by atoms with van der Waals surface area (Å²) >= 11 is 0. The summed E-state index contributed by atoms with van der Waals surface area (Å²) in [7, 11) is 2.21. The van der Waals surface area contributed by atoms with E-state index < -0.39 is 0 Å². The Balaban J connectivity index is 0.000000228. The molecule has 2 aliphatic heterocycles. The number of para-hydroxylation sites is 1. The molecule has 4 aromatic rings. The fourth-order valence-electron chi connectivity index (χ4n) is 6.36. The molecule has 4 nitrogen and oxygen atoms in total. The van der Waals surface area contributed by atoms with Crippen LogP contribution in [-0.2, 0) is 30.9 Å². The van der Waals surface area contributed by atoms with E-state index in [0.717, 1.165) is 17.8 Å². The molecule has 0 saturated heterocycles. The van der Waals surface area contributed by atoms with Gasteiger partial charge in [0.15, 0.2) is 0 Å². The number of benzene rings is 3. The zero-order chi connectivity index (χ0) is 28.9. The normalized spacial score (nSPS) is 17.0. The van der Waals surface area contributed by atoms with Crippen molar-refractivity contribution in [2.24, 2.45) is 5.92 Å². The first-order valence-corrected chi connectivity index (χ1v) is 14.8. The molecule has 3 aromatic carbocycles. The SMILES string of the molecule is CC(C)CN1[CH-]N2c3[c-]c4c(cc3N(C)c3cccc1c32)C(C)(C)CCC4(C)C.[Ir+3].[c-]1ccccc1-c1ccccn1. The molecule has 1 aliphatic carbocycles. The summed E-state index contributed by atoms with van der Waals surface area (Å²) in [5, 5.41) is 0. The summed E-state index contributed by atoms with van der Waals surface area (Å²) in [5.41, 5.74) is 11.6. The van der Waals surface area contributed by atoms with E-state index in [2.05, 4.69) is 111 Å². The van der Waals surface area contributed by atoms with Gasteiger partial charge in [0.05, 0.1) is 11.4 Å². The smallest absolute Gasteiger partial charge is 0.501 e. The molecule has 0 fully saturated rings. The molecule has 5 heteroatoms. The van der Waals surface area contributed by atoms with Gasteiger partial charge in [-0.25, -0.2) is 0 Å². The summed E-state index contributed by atoms with van der Waals surface area (Å²) in [6.07, 6.45) is 4.22. The largest absolute Gasteiger partial charge is 3.00 e. The average Bonchev–Trinajstić information content (AvgIpc) is 3.33. The van der Waals surface area contributed by atoms with Gasteiger partial charge in [0.1, 0.15) is 0 Å². The van der Waals surface area contributed by atoms with Gasteiger partial charge < -0.3 is 19.7 Å². The number of aromatic nitrogens is 1. The predicted octanol–water partition coefficient (Wildman–Crippen LogP) is 9.20. The average molecular weight is 734 g/mol. The Morgan fingerprint density at radius 3 is 2.33 bits per heavy atom. The van der Waals surface area contributed by atoms with Gasteiger partial charge in [-0.1, -0.05) is 77.3 Å². The third kappa shape index (κ3) is 5.38. The van der Waals surface area contributed by atoms with Crippen LogP contribution in [0.15, 0.2) is 72.9 Å². The number of hydrogen-bond acceptors (Lipinski definition) is 4. The van der Waals surface area contributed by atoms with Crippen molar-refractivity contribution in [2.75, 3.05) is 28.3 Å². The molecule has 0 amide bonds. The second kappa shape index (κ2) is 11.5. The Morgan fingerprint density at radius 2 is 1.64 bits per heavy atom. The molecule has 42 heavy (non-hydrogen) atoms. The van der Waals surface area contributed by atoms with E-state index in [9.17, 15) is 0 Å². The van der Waals surface area contributed by atoms with Gasteiger partial charge in [-0.05, 0) is 60.9 Å². The Morgan fingerprint density at radius 1 is 0.905 bits per heavy atom. The molecule has 0 spiro atoms. The van der Waals surface area contributed by atoms with Crippen molar-refractivity contribution in [1.82, 2.24) is 4.98 Å². The molecule has 0 bridgehead atoms. The number of fused-ring (bicyclic) bond motifs is 3. The Kier molecular flexibility index (Phi) is 8.31. The van der Waals surface area contributed by atoms with Crippen molar-refractivity contribution in [2.45, 2.75) is 65.2 Å². The Hall–Kier alpha value is -3.14. The molecular formula is C37H41IrN4. The molecule has 0 unspecified atom stereocenters. The van der Waals surface area contributed by atoms with Crippen LogP contribution in [0.25, 0.3) is 11.3 Å². The fourth-order valence-corrected chi connectivity index (χ4v) is 6.36. The number of anilines is 5. The van der Waals surface area contributed by atoms with E-state index in [1.807, 2.05) is 42.5 Å². The first-order chi connectivity index (χ1) is 19.6. The van der Waals surface area contributed by atoms with Crippen LogP contribution in [0.1, 0.15) is 65.5 Å². The minimum atomic E-state index is 0. The first kappa shape index (κ1) is 30.3. The molecule has 7 rings (SSSR count). The van der Waals surface area contributed by atoms with Crippen LogP contribution < -0.4 is 14.7 Å². The van der Waals surface area contributed by atoms with Crippen molar-refractivity contribution in [3.8, 4) is 11.3 Å². The minimum absolute atomic E-state index is 0. The van der Waals surface area contributed by atoms with E-state index in [4.69, 9.17) is 0 Å². The molecule has 0 saturated carbocycles. The maximum absolute atomic E-state index is 4.22. The van der Waals surface area contributed by atoms with Gasteiger partial charge in [-0.15, -0.1) is 47.5 Å². The van der Waals surface area contributed by atoms with Crippen LogP contribution in [0.5, 0.6) is 0 Å².